The molecule has 0 heterocycles. The summed E-state index contributed by atoms with van der Waals surface area (Å²) in [6, 6.07) is 0. The molecule has 0 aromatic carbocycles. The van der Waals surface area contributed by atoms with Gasteiger partial charge in [-0.25, -0.2) is 5.32 Å². The molecule has 0 atom stereocenters. The van der Waals surface area contributed by atoms with Gasteiger partial charge in [0, 0.05) is 14.1 Å². The van der Waals surface area contributed by atoms with E-state index >= 15 is 0 Å². The summed E-state index contributed by atoms with van der Waals surface area (Å²) in [5.41, 5.74) is 0. The fraction of sp³-hybridized carbons (Fsp3) is 1.00. The topological polar surface area (TPSA) is 14.1 Å². The molecule has 0 saturated heterocycles. The molecule has 0 bridgehead atoms. The van der Waals surface area contributed by atoms with Crippen LogP contribution in [0.2, 0.25) is 0 Å². The Hall–Kier alpha value is -0.185. The Kier molecular flexibility index (Phi) is 13.2. The number of hydrogen-bond acceptors (Lipinski definition) is 0. The van der Waals surface area contributed by atoms with E-state index in [2.05, 4.69) is 5.32 Å². The first-order valence-electron chi connectivity index (χ1n) is 1.55. The average molecular weight is 112 g/mol. The van der Waals surface area contributed by atoms with Crippen molar-refractivity contribution in [1.29, 1.82) is 0 Å². The van der Waals surface area contributed by atoms with E-state index in [0.29, 0.717) is 0 Å². The lowest BCUT2D eigenvalue weighted by atomic mass is 10.5. The Labute approximate surface area is 41.1 Å². The minimum atomic E-state index is -3.67. The lowest BCUT2D eigenvalue weighted by molar-refractivity contribution is 0.535. The molecule has 0 aliphatic heterocycles. The van der Waals surface area contributed by atoms with Crippen LogP contribution in [0.1, 0.15) is 0 Å². The summed E-state index contributed by atoms with van der Waals surface area (Å²) in [6.07, 6.45) is 0. The summed E-state index contributed by atoms with van der Waals surface area (Å²) in [7, 11) is -0.167. The van der Waals surface area contributed by atoms with Crippen LogP contribution >= 0.6 is 0 Å². The van der Waals surface area contributed by atoms with E-state index in [0.717, 1.165) is 0 Å². The third-order valence-electron chi connectivity index (χ3n) is 0. The highest BCUT2D eigenvalue weighted by Crippen LogP contribution is 1.80. The van der Waals surface area contributed by atoms with Crippen molar-refractivity contribution in [1.82, 2.24) is 5.32 Å². The van der Waals surface area contributed by atoms with Crippen LogP contribution in [0, 0.1) is 0 Å². The molecule has 0 aliphatic carbocycles. The predicted molar refractivity (Wildman–Crippen MR) is 23.1 cm³/mol. The van der Waals surface area contributed by atoms with E-state index in [4.69, 9.17) is 0 Å². The maximum absolute atomic E-state index is 9.67. The third-order valence-corrected chi connectivity index (χ3v) is 0. The van der Waals surface area contributed by atoms with Gasteiger partial charge in [0.1, 0.15) is 0 Å². The normalized spacial score (nSPS) is 6.43. The van der Waals surface area contributed by atoms with Gasteiger partial charge >= 0.3 is 7.54 Å². The van der Waals surface area contributed by atoms with Gasteiger partial charge in [0.2, 0.25) is 0 Å². The average Bonchev–Trinajstić information content (AvgIpc) is 1.33. The summed E-state index contributed by atoms with van der Waals surface area (Å²) >= 11 is 0. The summed E-state index contributed by atoms with van der Waals surface area (Å²) in [4.78, 5) is 0. The van der Waals surface area contributed by atoms with E-state index in [1.54, 1.807) is 14.1 Å². The predicted octanol–water partition coefficient (Wildman–Crippen LogP) is 0.730. The number of halogens is 3. The van der Waals surface area contributed by atoms with Crippen LogP contribution in [-0.4, -0.2) is 21.6 Å². The van der Waals surface area contributed by atoms with Crippen molar-refractivity contribution in [3.05, 3.63) is 0 Å². The monoisotopic (exact) mass is 112 g/mol. The molecule has 0 rings (SSSR count). The van der Waals surface area contributed by atoms with Gasteiger partial charge in [-0.05, 0) is 0 Å². The molecule has 43 valence electrons. The fourth-order valence-electron chi connectivity index (χ4n) is 0. The van der Waals surface area contributed by atoms with Crippen LogP contribution in [0.15, 0.2) is 0 Å². The van der Waals surface area contributed by atoms with Gasteiger partial charge in [0.05, 0.1) is 0 Å². The second-order valence-electron chi connectivity index (χ2n) is 0.695. The SMILES string of the molecule is C[N]C.FB(F)F. The van der Waals surface area contributed by atoms with Crippen LogP contribution in [0.25, 0.3) is 0 Å². The molecule has 0 N–H and O–H groups in total. The lowest BCUT2D eigenvalue weighted by Crippen LogP contribution is -1.76. The van der Waals surface area contributed by atoms with E-state index < -0.39 is 7.54 Å². The van der Waals surface area contributed by atoms with Crippen molar-refractivity contribution in [2.45, 2.75) is 0 Å². The first kappa shape index (κ1) is 9.94. The second-order valence-corrected chi connectivity index (χ2v) is 0.695. The summed E-state index contributed by atoms with van der Waals surface area (Å²) < 4.78 is 29.0. The van der Waals surface area contributed by atoms with E-state index in [1.807, 2.05) is 0 Å². The highest BCUT2D eigenvalue weighted by molar-refractivity contribution is 6.33. The summed E-state index contributed by atoms with van der Waals surface area (Å²) in [5, 5.41) is 3.50. The molecule has 5 heteroatoms. The molecule has 7 heavy (non-hydrogen) atoms. The minimum Gasteiger partial charge on any atom is -0.254 e. The van der Waals surface area contributed by atoms with E-state index in [-0.39, 0.29) is 0 Å². The van der Waals surface area contributed by atoms with Gasteiger partial charge in [0.25, 0.3) is 0 Å². The fourth-order valence-corrected chi connectivity index (χ4v) is 0. The molecule has 0 aromatic heterocycles. The van der Waals surface area contributed by atoms with E-state index in [1.165, 1.54) is 0 Å². The molecule has 0 amide bonds. The van der Waals surface area contributed by atoms with Crippen LogP contribution in [0.3, 0.4) is 0 Å². The van der Waals surface area contributed by atoms with Crippen LogP contribution in [0.4, 0.5) is 12.9 Å². The molecule has 0 aliphatic rings. The zero-order chi connectivity index (χ0) is 6.28. The maximum atomic E-state index is 9.67. The maximum Gasteiger partial charge on any atom is 0.762 e. The van der Waals surface area contributed by atoms with Crippen LogP contribution in [-0.2, 0) is 0 Å². The first-order valence-corrected chi connectivity index (χ1v) is 1.55. The smallest absolute Gasteiger partial charge is 0.254 e. The highest BCUT2D eigenvalue weighted by Gasteiger charge is 2.06. The Morgan fingerprint density at radius 1 is 1.14 bits per heavy atom. The van der Waals surface area contributed by atoms with Crippen molar-refractivity contribution in [2.24, 2.45) is 0 Å². The summed E-state index contributed by atoms with van der Waals surface area (Å²) in [6.45, 7) is 0. The standard InChI is InChI=1S/C2H6N.BF3/c1-3-2;2-1(3)4/h1-2H3;. The number of hydrogen-bond donors (Lipinski definition) is 0. The van der Waals surface area contributed by atoms with Crippen molar-refractivity contribution in [3.63, 3.8) is 0 Å². The van der Waals surface area contributed by atoms with Gasteiger partial charge in [-0.2, -0.15) is 0 Å². The van der Waals surface area contributed by atoms with Crippen molar-refractivity contribution >= 4 is 7.54 Å². The van der Waals surface area contributed by atoms with Crippen molar-refractivity contribution in [2.75, 3.05) is 14.1 Å². The first-order chi connectivity index (χ1) is 3.15. The molecule has 1 nitrogen and oxygen atoms in total. The molecule has 0 spiro atoms. The Bertz CT molecular complexity index is 24.1. The number of rotatable bonds is 0. The van der Waals surface area contributed by atoms with Crippen molar-refractivity contribution in [3.8, 4) is 0 Å². The Balaban J connectivity index is 0. The minimum absolute atomic E-state index is 1.75. The third kappa shape index (κ3) is 2470. The molecule has 1 radical (unpaired) electrons. The van der Waals surface area contributed by atoms with Gasteiger partial charge < -0.3 is 0 Å². The number of nitrogens with zero attached hydrogens (tertiary/aromatic N) is 1. The largest absolute Gasteiger partial charge is 0.762 e. The Morgan fingerprint density at radius 3 is 1.14 bits per heavy atom. The highest BCUT2D eigenvalue weighted by atomic mass is 19.4. The zero-order valence-corrected chi connectivity index (χ0v) is 4.16. The van der Waals surface area contributed by atoms with E-state index in [9.17, 15) is 12.9 Å². The summed E-state index contributed by atoms with van der Waals surface area (Å²) in [5.74, 6) is 0. The van der Waals surface area contributed by atoms with Crippen LogP contribution in [0.5, 0.6) is 0 Å². The van der Waals surface area contributed by atoms with Gasteiger partial charge in [-0.1, -0.05) is 0 Å². The lowest BCUT2D eigenvalue weighted by Gasteiger charge is -1.55. The molecule has 0 aromatic rings. The molecule has 0 saturated carbocycles. The molecule has 0 unspecified atom stereocenters. The zero-order valence-electron chi connectivity index (χ0n) is 4.16. The van der Waals surface area contributed by atoms with Gasteiger partial charge in [-0.15, -0.1) is 0 Å². The molecular weight excluding hydrogens is 106 g/mol. The van der Waals surface area contributed by atoms with Crippen molar-refractivity contribution < 1.29 is 12.9 Å². The molecular formula is C2H6BF3N. The van der Waals surface area contributed by atoms with Gasteiger partial charge in [0.15, 0.2) is 0 Å². The van der Waals surface area contributed by atoms with Crippen LogP contribution < -0.4 is 5.32 Å². The quantitative estimate of drug-likeness (QED) is 0.410. The second kappa shape index (κ2) is 9.26. The Morgan fingerprint density at radius 2 is 1.14 bits per heavy atom. The molecule has 0 fully saturated rings. The van der Waals surface area contributed by atoms with Gasteiger partial charge in [-0.3, -0.25) is 12.9 Å².